The smallest absolute Gasteiger partial charge is 0.0877 e. The molecule has 2 aromatic heterocycles. The fourth-order valence-corrected chi connectivity index (χ4v) is 1.91. The molecule has 0 fully saturated rings. The summed E-state index contributed by atoms with van der Waals surface area (Å²) in [6.07, 6.45) is 3.78. The Morgan fingerprint density at radius 2 is 2.17 bits per heavy atom. The minimum atomic E-state index is 0.503. The molecule has 0 bridgehead atoms. The van der Waals surface area contributed by atoms with Crippen molar-refractivity contribution in [2.45, 2.75) is 19.8 Å². The van der Waals surface area contributed by atoms with Crippen molar-refractivity contribution in [3.05, 3.63) is 23.5 Å². The number of hydrogen-bond donors (Lipinski definition) is 0. The highest BCUT2D eigenvalue weighted by atomic mass is 32.1. The van der Waals surface area contributed by atoms with Gasteiger partial charge in [0.2, 0.25) is 0 Å². The van der Waals surface area contributed by atoms with Crippen LogP contribution in [0.4, 0.5) is 0 Å². The summed E-state index contributed by atoms with van der Waals surface area (Å²) in [6.45, 7) is 4.32. The number of fused-ring (bicyclic) bond motifs is 1. The Morgan fingerprint density at radius 3 is 2.92 bits per heavy atom. The first kappa shape index (κ1) is 7.68. The van der Waals surface area contributed by atoms with Crippen molar-refractivity contribution in [3.63, 3.8) is 0 Å². The Hall–Kier alpha value is -0.960. The van der Waals surface area contributed by atoms with E-state index in [-0.39, 0.29) is 0 Å². The van der Waals surface area contributed by atoms with E-state index in [4.69, 9.17) is 0 Å². The summed E-state index contributed by atoms with van der Waals surface area (Å²) in [7, 11) is 0. The predicted molar refractivity (Wildman–Crippen MR) is 51.5 cm³/mol. The van der Waals surface area contributed by atoms with E-state index in [1.165, 1.54) is 10.3 Å². The molecule has 2 nitrogen and oxygen atoms in total. The van der Waals surface area contributed by atoms with Crippen molar-refractivity contribution in [2.75, 3.05) is 0 Å². The second-order valence-electron chi connectivity index (χ2n) is 3.08. The maximum atomic E-state index is 4.32. The molecule has 62 valence electrons. The average molecular weight is 178 g/mol. The lowest BCUT2D eigenvalue weighted by atomic mass is 10.1. The highest BCUT2D eigenvalue weighted by Gasteiger charge is 2.06. The van der Waals surface area contributed by atoms with Crippen molar-refractivity contribution >= 4 is 21.6 Å². The summed E-state index contributed by atoms with van der Waals surface area (Å²) < 4.78 is 1.18. The molecule has 0 saturated heterocycles. The molecule has 12 heavy (non-hydrogen) atoms. The molecule has 0 atom stereocenters. The Bertz CT molecular complexity index is 392. The lowest BCUT2D eigenvalue weighted by Gasteiger charge is -2.03. The lowest BCUT2D eigenvalue weighted by Crippen LogP contribution is -1.89. The third kappa shape index (κ3) is 1.10. The minimum absolute atomic E-state index is 0.503. The molecule has 2 aromatic rings. The SMILES string of the molecule is CC(C)c1cncc2scnc12. The summed E-state index contributed by atoms with van der Waals surface area (Å²) in [5, 5.41) is 0. The number of thiazole rings is 1. The second kappa shape index (κ2) is 2.83. The summed E-state index contributed by atoms with van der Waals surface area (Å²) in [6, 6.07) is 0. The zero-order valence-electron chi connectivity index (χ0n) is 7.11. The molecule has 0 saturated carbocycles. The molecule has 2 heterocycles. The van der Waals surface area contributed by atoms with Crippen LogP contribution in [-0.4, -0.2) is 9.97 Å². The molecule has 3 heteroatoms. The molecule has 0 spiro atoms. The molecule has 0 aliphatic heterocycles. The molecular weight excluding hydrogens is 168 g/mol. The van der Waals surface area contributed by atoms with E-state index in [1.807, 2.05) is 17.9 Å². The zero-order valence-corrected chi connectivity index (χ0v) is 7.93. The Balaban J connectivity index is 2.73. The number of pyridine rings is 1. The molecule has 0 aliphatic carbocycles. The van der Waals surface area contributed by atoms with Crippen LogP contribution < -0.4 is 0 Å². The van der Waals surface area contributed by atoms with Crippen LogP contribution in [0.25, 0.3) is 10.2 Å². The number of hydrogen-bond acceptors (Lipinski definition) is 3. The fourth-order valence-electron chi connectivity index (χ4n) is 1.23. The van der Waals surface area contributed by atoms with Crippen molar-refractivity contribution in [1.29, 1.82) is 0 Å². The van der Waals surface area contributed by atoms with E-state index in [1.54, 1.807) is 11.3 Å². The van der Waals surface area contributed by atoms with Crippen LogP contribution in [0.3, 0.4) is 0 Å². The van der Waals surface area contributed by atoms with Crippen molar-refractivity contribution in [2.24, 2.45) is 0 Å². The summed E-state index contributed by atoms with van der Waals surface area (Å²) >= 11 is 1.65. The van der Waals surface area contributed by atoms with Gasteiger partial charge in [0, 0.05) is 18.0 Å². The van der Waals surface area contributed by atoms with Gasteiger partial charge in [0.1, 0.15) is 0 Å². The van der Waals surface area contributed by atoms with Gasteiger partial charge in [-0.2, -0.15) is 0 Å². The third-order valence-electron chi connectivity index (χ3n) is 1.90. The van der Waals surface area contributed by atoms with Crippen LogP contribution in [0.15, 0.2) is 17.9 Å². The maximum Gasteiger partial charge on any atom is 0.0877 e. The fraction of sp³-hybridized carbons (Fsp3) is 0.333. The van der Waals surface area contributed by atoms with E-state index >= 15 is 0 Å². The van der Waals surface area contributed by atoms with Crippen LogP contribution in [0.2, 0.25) is 0 Å². The first-order valence-electron chi connectivity index (χ1n) is 3.96. The Kier molecular flexibility index (Phi) is 1.81. The van der Waals surface area contributed by atoms with E-state index < -0.39 is 0 Å². The van der Waals surface area contributed by atoms with Crippen molar-refractivity contribution < 1.29 is 0 Å². The molecule has 0 radical (unpaired) electrons. The molecule has 0 N–H and O–H groups in total. The lowest BCUT2D eigenvalue weighted by molar-refractivity contribution is 0.866. The maximum absolute atomic E-state index is 4.32. The highest BCUT2D eigenvalue weighted by molar-refractivity contribution is 7.16. The van der Waals surface area contributed by atoms with Gasteiger partial charge in [0.15, 0.2) is 0 Å². The summed E-state index contributed by atoms with van der Waals surface area (Å²) in [4.78, 5) is 8.50. The van der Waals surface area contributed by atoms with Gasteiger partial charge < -0.3 is 0 Å². The van der Waals surface area contributed by atoms with E-state index in [9.17, 15) is 0 Å². The average Bonchev–Trinajstić information content (AvgIpc) is 2.49. The first-order valence-corrected chi connectivity index (χ1v) is 4.84. The third-order valence-corrected chi connectivity index (χ3v) is 2.66. The van der Waals surface area contributed by atoms with E-state index in [0.717, 1.165) is 5.52 Å². The molecule has 0 amide bonds. The van der Waals surface area contributed by atoms with Crippen LogP contribution in [0.5, 0.6) is 0 Å². The second-order valence-corrected chi connectivity index (χ2v) is 3.97. The summed E-state index contributed by atoms with van der Waals surface area (Å²) in [5.74, 6) is 0.503. The molecule has 0 aromatic carbocycles. The molecule has 0 aliphatic rings. The normalized spacial score (nSPS) is 11.2. The molecule has 2 rings (SSSR count). The van der Waals surface area contributed by atoms with Crippen molar-refractivity contribution in [1.82, 2.24) is 9.97 Å². The molecule has 0 unspecified atom stereocenters. The summed E-state index contributed by atoms with van der Waals surface area (Å²) in [5.41, 5.74) is 4.23. The minimum Gasteiger partial charge on any atom is -0.263 e. The Morgan fingerprint density at radius 1 is 1.33 bits per heavy atom. The van der Waals surface area contributed by atoms with Crippen LogP contribution in [-0.2, 0) is 0 Å². The van der Waals surface area contributed by atoms with Gasteiger partial charge in [-0.25, -0.2) is 4.98 Å². The van der Waals surface area contributed by atoms with Crippen LogP contribution in [0.1, 0.15) is 25.3 Å². The van der Waals surface area contributed by atoms with Gasteiger partial charge in [-0.15, -0.1) is 11.3 Å². The van der Waals surface area contributed by atoms with Gasteiger partial charge in [-0.05, 0) is 5.92 Å². The topological polar surface area (TPSA) is 25.8 Å². The number of rotatable bonds is 1. The Labute approximate surface area is 75.3 Å². The standard InChI is InChI=1S/C9H10N2S/c1-6(2)7-3-10-4-8-9(7)11-5-12-8/h3-6H,1-2H3. The van der Waals surface area contributed by atoms with Gasteiger partial charge in [-0.3, -0.25) is 4.98 Å². The first-order chi connectivity index (χ1) is 5.79. The number of nitrogens with zero attached hydrogens (tertiary/aromatic N) is 2. The van der Waals surface area contributed by atoms with Gasteiger partial charge in [-0.1, -0.05) is 13.8 Å². The highest BCUT2D eigenvalue weighted by Crippen LogP contribution is 2.24. The zero-order chi connectivity index (χ0) is 8.55. The van der Waals surface area contributed by atoms with Gasteiger partial charge >= 0.3 is 0 Å². The van der Waals surface area contributed by atoms with Crippen LogP contribution in [0, 0.1) is 0 Å². The van der Waals surface area contributed by atoms with E-state index in [0.29, 0.717) is 5.92 Å². The number of aromatic nitrogens is 2. The monoisotopic (exact) mass is 178 g/mol. The van der Waals surface area contributed by atoms with E-state index in [2.05, 4.69) is 23.8 Å². The molecular formula is C9H10N2S. The van der Waals surface area contributed by atoms with Gasteiger partial charge in [0.05, 0.1) is 15.7 Å². The largest absolute Gasteiger partial charge is 0.263 e. The van der Waals surface area contributed by atoms with Gasteiger partial charge in [0.25, 0.3) is 0 Å². The van der Waals surface area contributed by atoms with Crippen LogP contribution >= 0.6 is 11.3 Å². The predicted octanol–water partition coefficient (Wildman–Crippen LogP) is 2.81. The van der Waals surface area contributed by atoms with Crippen molar-refractivity contribution in [3.8, 4) is 0 Å². The quantitative estimate of drug-likeness (QED) is 0.671.